The van der Waals surface area contributed by atoms with Crippen LogP contribution in [0.15, 0.2) is 24.3 Å². The van der Waals surface area contributed by atoms with Crippen molar-refractivity contribution in [1.29, 1.82) is 0 Å². The number of carbonyl (C=O) groups excluding carboxylic acids is 1. The molecule has 1 saturated heterocycles. The van der Waals surface area contributed by atoms with Crippen LogP contribution >= 0.6 is 0 Å². The number of hydrogen-bond acceptors (Lipinski definition) is 3. The standard InChI is InChI=1S/C17H22FNO4/c1-17(2,3)23-16(22)19-9-8-11(10-19)14(18)12-6-4-5-7-13(12)15(20)21/h4-7,11,14H,8-10H2,1-3H3,(H,20,21). The van der Waals surface area contributed by atoms with Crippen LogP contribution in [0.3, 0.4) is 0 Å². The molecule has 2 unspecified atom stereocenters. The number of carbonyl (C=O) groups is 2. The van der Waals surface area contributed by atoms with E-state index in [9.17, 15) is 19.1 Å². The molecule has 1 aromatic rings. The van der Waals surface area contributed by atoms with E-state index in [4.69, 9.17) is 4.74 Å². The van der Waals surface area contributed by atoms with Crippen molar-refractivity contribution in [3.05, 3.63) is 35.4 Å². The number of rotatable bonds is 3. The Morgan fingerprint density at radius 1 is 1.35 bits per heavy atom. The molecule has 2 rings (SSSR count). The van der Waals surface area contributed by atoms with Crippen LogP contribution in [-0.2, 0) is 4.74 Å². The SMILES string of the molecule is CC(C)(C)OC(=O)N1CCC(C(F)c2ccccc2C(=O)O)C1. The molecule has 0 bridgehead atoms. The number of aromatic carboxylic acids is 1. The maximum Gasteiger partial charge on any atom is 0.410 e. The largest absolute Gasteiger partial charge is 0.478 e. The first-order valence-electron chi connectivity index (χ1n) is 7.63. The Hall–Kier alpha value is -2.11. The van der Waals surface area contributed by atoms with Crippen LogP contribution in [0, 0.1) is 5.92 Å². The molecule has 126 valence electrons. The molecule has 2 atom stereocenters. The molecule has 23 heavy (non-hydrogen) atoms. The van der Waals surface area contributed by atoms with Gasteiger partial charge in [-0.1, -0.05) is 18.2 Å². The fraction of sp³-hybridized carbons (Fsp3) is 0.529. The summed E-state index contributed by atoms with van der Waals surface area (Å²) < 4.78 is 20.1. The zero-order chi connectivity index (χ0) is 17.2. The van der Waals surface area contributed by atoms with Crippen molar-refractivity contribution in [2.24, 2.45) is 5.92 Å². The maximum atomic E-state index is 14.8. The van der Waals surface area contributed by atoms with Gasteiger partial charge in [-0.3, -0.25) is 0 Å². The minimum absolute atomic E-state index is 0.0317. The minimum Gasteiger partial charge on any atom is -0.478 e. The van der Waals surface area contributed by atoms with E-state index in [1.165, 1.54) is 17.0 Å². The molecule has 1 aromatic carbocycles. The highest BCUT2D eigenvalue weighted by Gasteiger charge is 2.36. The van der Waals surface area contributed by atoms with E-state index in [-0.39, 0.29) is 17.7 Å². The molecule has 0 aromatic heterocycles. The lowest BCUT2D eigenvalue weighted by atomic mass is 9.93. The van der Waals surface area contributed by atoms with Crippen LogP contribution in [0.1, 0.15) is 49.3 Å². The molecule has 0 saturated carbocycles. The Morgan fingerprint density at radius 2 is 2.00 bits per heavy atom. The molecular formula is C17H22FNO4. The number of halogens is 1. The molecule has 5 nitrogen and oxygen atoms in total. The highest BCUT2D eigenvalue weighted by Crippen LogP contribution is 2.35. The topological polar surface area (TPSA) is 66.8 Å². The summed E-state index contributed by atoms with van der Waals surface area (Å²) in [6, 6.07) is 6.07. The van der Waals surface area contributed by atoms with Crippen molar-refractivity contribution < 1.29 is 23.8 Å². The Morgan fingerprint density at radius 3 is 2.61 bits per heavy atom. The average molecular weight is 323 g/mol. The number of alkyl halides is 1. The number of ether oxygens (including phenoxy) is 1. The van der Waals surface area contributed by atoms with Gasteiger partial charge in [-0.05, 0) is 33.3 Å². The Kier molecular flexibility index (Phi) is 4.92. The van der Waals surface area contributed by atoms with Crippen molar-refractivity contribution in [3.63, 3.8) is 0 Å². The maximum absolute atomic E-state index is 14.8. The van der Waals surface area contributed by atoms with Crippen LogP contribution < -0.4 is 0 Å². The Balaban J connectivity index is 2.07. The van der Waals surface area contributed by atoms with E-state index >= 15 is 0 Å². The second-order valence-corrected chi connectivity index (χ2v) is 6.77. The van der Waals surface area contributed by atoms with Gasteiger partial charge in [0.25, 0.3) is 0 Å². The van der Waals surface area contributed by atoms with E-state index in [0.717, 1.165) is 0 Å². The number of carboxylic acid groups (broad SMARTS) is 1. The molecule has 1 heterocycles. The van der Waals surface area contributed by atoms with Crippen LogP contribution in [0.2, 0.25) is 0 Å². The monoisotopic (exact) mass is 323 g/mol. The van der Waals surface area contributed by atoms with Crippen molar-refractivity contribution in [2.45, 2.75) is 39.0 Å². The summed E-state index contributed by atoms with van der Waals surface area (Å²) in [5.74, 6) is -1.58. The third-order valence-electron chi connectivity index (χ3n) is 3.78. The molecular weight excluding hydrogens is 301 g/mol. The first-order valence-corrected chi connectivity index (χ1v) is 7.63. The molecule has 0 aliphatic carbocycles. The summed E-state index contributed by atoms with van der Waals surface area (Å²) in [6.45, 7) is 5.97. The first kappa shape index (κ1) is 17.2. The molecule has 1 aliphatic rings. The van der Waals surface area contributed by atoms with Crippen LogP contribution in [-0.4, -0.2) is 40.8 Å². The summed E-state index contributed by atoms with van der Waals surface area (Å²) >= 11 is 0. The van der Waals surface area contributed by atoms with Gasteiger partial charge in [-0.25, -0.2) is 14.0 Å². The second kappa shape index (κ2) is 6.56. The van der Waals surface area contributed by atoms with E-state index in [1.807, 2.05) is 0 Å². The Labute approximate surface area is 135 Å². The molecule has 1 N–H and O–H groups in total. The fourth-order valence-corrected chi connectivity index (χ4v) is 2.70. The summed E-state index contributed by atoms with van der Waals surface area (Å²) in [5, 5.41) is 9.17. The summed E-state index contributed by atoms with van der Waals surface area (Å²) in [7, 11) is 0. The summed E-state index contributed by atoms with van der Waals surface area (Å²) in [6.07, 6.45) is -1.40. The predicted octanol–water partition coefficient (Wildman–Crippen LogP) is 3.65. The van der Waals surface area contributed by atoms with Gasteiger partial charge in [0.2, 0.25) is 0 Å². The zero-order valence-electron chi connectivity index (χ0n) is 13.6. The number of benzene rings is 1. The number of carboxylic acids is 1. The van der Waals surface area contributed by atoms with E-state index in [0.29, 0.717) is 13.0 Å². The van der Waals surface area contributed by atoms with Crippen LogP contribution in [0.5, 0.6) is 0 Å². The average Bonchev–Trinajstić information content (AvgIpc) is 2.94. The fourth-order valence-electron chi connectivity index (χ4n) is 2.70. The second-order valence-electron chi connectivity index (χ2n) is 6.77. The highest BCUT2D eigenvalue weighted by molar-refractivity contribution is 5.89. The van der Waals surface area contributed by atoms with Crippen molar-refractivity contribution in [1.82, 2.24) is 4.90 Å². The van der Waals surface area contributed by atoms with Gasteiger partial charge < -0.3 is 14.7 Å². The van der Waals surface area contributed by atoms with Crippen LogP contribution in [0.4, 0.5) is 9.18 Å². The van der Waals surface area contributed by atoms with Crippen molar-refractivity contribution in [2.75, 3.05) is 13.1 Å². The molecule has 1 aliphatic heterocycles. The predicted molar refractivity (Wildman–Crippen MR) is 83.2 cm³/mol. The number of amides is 1. The smallest absolute Gasteiger partial charge is 0.410 e. The quantitative estimate of drug-likeness (QED) is 0.922. The number of nitrogens with zero attached hydrogens (tertiary/aromatic N) is 1. The molecule has 6 heteroatoms. The minimum atomic E-state index is -1.42. The lowest BCUT2D eigenvalue weighted by Crippen LogP contribution is -2.35. The van der Waals surface area contributed by atoms with Gasteiger partial charge in [0.05, 0.1) is 5.56 Å². The zero-order valence-corrected chi connectivity index (χ0v) is 13.6. The normalized spacial score (nSPS) is 19.5. The van der Waals surface area contributed by atoms with Gasteiger partial charge in [-0.2, -0.15) is 0 Å². The molecule has 0 spiro atoms. The molecule has 1 amide bonds. The van der Waals surface area contributed by atoms with Gasteiger partial charge in [0.1, 0.15) is 11.8 Å². The third-order valence-corrected chi connectivity index (χ3v) is 3.78. The van der Waals surface area contributed by atoms with E-state index in [2.05, 4.69) is 0 Å². The first-order chi connectivity index (χ1) is 10.7. The summed E-state index contributed by atoms with van der Waals surface area (Å²) in [5.41, 5.74) is -0.466. The van der Waals surface area contributed by atoms with Gasteiger partial charge in [-0.15, -0.1) is 0 Å². The van der Waals surface area contributed by atoms with Crippen LogP contribution in [0.25, 0.3) is 0 Å². The number of hydrogen-bond donors (Lipinski definition) is 1. The van der Waals surface area contributed by atoms with E-state index < -0.39 is 29.8 Å². The third kappa shape index (κ3) is 4.21. The Bertz CT molecular complexity index is 597. The lowest BCUT2D eigenvalue weighted by Gasteiger charge is -2.25. The van der Waals surface area contributed by atoms with E-state index in [1.54, 1.807) is 32.9 Å². The lowest BCUT2D eigenvalue weighted by molar-refractivity contribution is 0.0280. The van der Waals surface area contributed by atoms with Crippen molar-refractivity contribution in [3.8, 4) is 0 Å². The van der Waals surface area contributed by atoms with Gasteiger partial charge in [0.15, 0.2) is 0 Å². The summed E-state index contributed by atoms with van der Waals surface area (Å²) in [4.78, 5) is 24.7. The molecule has 1 fully saturated rings. The highest BCUT2D eigenvalue weighted by atomic mass is 19.1. The van der Waals surface area contributed by atoms with Gasteiger partial charge in [0, 0.05) is 24.6 Å². The number of likely N-dealkylation sites (tertiary alicyclic amines) is 1. The van der Waals surface area contributed by atoms with Gasteiger partial charge >= 0.3 is 12.1 Å². The van der Waals surface area contributed by atoms with Crippen molar-refractivity contribution >= 4 is 12.1 Å². The molecule has 0 radical (unpaired) electrons.